The Labute approximate surface area is 158 Å². The Morgan fingerprint density at radius 3 is 2.31 bits per heavy atom. The van der Waals surface area contributed by atoms with Gasteiger partial charge in [-0.3, -0.25) is 9.59 Å². The summed E-state index contributed by atoms with van der Waals surface area (Å²) in [5, 5.41) is 0.640. The Morgan fingerprint density at radius 2 is 1.69 bits per heavy atom. The van der Waals surface area contributed by atoms with Crippen LogP contribution in [-0.2, 0) is 9.53 Å². The van der Waals surface area contributed by atoms with Crippen LogP contribution < -0.4 is 4.74 Å². The van der Waals surface area contributed by atoms with Crippen LogP contribution in [0.2, 0.25) is 5.02 Å². The highest BCUT2D eigenvalue weighted by Gasteiger charge is 2.11. The zero-order valence-electron chi connectivity index (χ0n) is 13.5. The van der Waals surface area contributed by atoms with Crippen molar-refractivity contribution < 1.29 is 27.8 Å². The fraction of sp³-hybridized carbons (Fsp3) is 0.222. The monoisotopic (exact) mass is 400 g/mol. The normalized spacial score (nSPS) is 10.6. The SMILES string of the molecule is O=C(CCSc1ccc(Cl)cc1)OCC(=O)c1ccc(OC(F)F)cc1. The fourth-order valence-corrected chi connectivity index (χ4v) is 2.87. The van der Waals surface area contributed by atoms with Crippen LogP contribution in [0.15, 0.2) is 53.4 Å². The molecule has 0 aromatic heterocycles. The van der Waals surface area contributed by atoms with Crippen molar-refractivity contribution in [2.45, 2.75) is 17.9 Å². The minimum absolute atomic E-state index is 0.0484. The van der Waals surface area contributed by atoms with Crippen LogP contribution in [-0.4, -0.2) is 30.7 Å². The molecule has 0 N–H and O–H groups in total. The molecule has 8 heteroatoms. The van der Waals surface area contributed by atoms with Crippen LogP contribution in [0.4, 0.5) is 8.78 Å². The third kappa shape index (κ3) is 7.01. The summed E-state index contributed by atoms with van der Waals surface area (Å²) in [6.45, 7) is -3.33. The summed E-state index contributed by atoms with van der Waals surface area (Å²) in [6, 6.07) is 12.4. The fourth-order valence-electron chi connectivity index (χ4n) is 1.91. The van der Waals surface area contributed by atoms with Crippen LogP contribution in [0.25, 0.3) is 0 Å². The van der Waals surface area contributed by atoms with E-state index in [1.54, 1.807) is 12.1 Å². The van der Waals surface area contributed by atoms with Gasteiger partial charge in [0.25, 0.3) is 0 Å². The van der Waals surface area contributed by atoms with Gasteiger partial charge in [0.1, 0.15) is 5.75 Å². The van der Waals surface area contributed by atoms with Gasteiger partial charge in [0, 0.05) is 21.2 Å². The van der Waals surface area contributed by atoms with E-state index >= 15 is 0 Å². The average molecular weight is 401 g/mol. The van der Waals surface area contributed by atoms with E-state index in [4.69, 9.17) is 16.3 Å². The summed E-state index contributed by atoms with van der Waals surface area (Å²) >= 11 is 7.27. The summed E-state index contributed by atoms with van der Waals surface area (Å²) in [6.07, 6.45) is 0.155. The molecule has 2 rings (SSSR count). The van der Waals surface area contributed by atoms with Crippen molar-refractivity contribution in [1.82, 2.24) is 0 Å². The van der Waals surface area contributed by atoms with Crippen molar-refractivity contribution in [3.8, 4) is 5.75 Å². The zero-order chi connectivity index (χ0) is 18.9. The Morgan fingerprint density at radius 1 is 1.04 bits per heavy atom. The lowest BCUT2D eigenvalue weighted by atomic mass is 10.1. The standard InChI is InChI=1S/C18H15ClF2O4S/c19-13-3-7-15(8-4-13)26-10-9-17(23)24-11-16(22)12-1-5-14(6-2-12)25-18(20)21/h1-8,18H,9-11H2. The Balaban J connectivity index is 1.70. The summed E-state index contributed by atoms with van der Waals surface area (Å²) in [5.41, 5.74) is 0.245. The van der Waals surface area contributed by atoms with Crippen LogP contribution in [0.5, 0.6) is 5.75 Å². The number of carbonyl (C=O) groups is 2. The summed E-state index contributed by atoms with van der Waals surface area (Å²) in [7, 11) is 0. The zero-order valence-corrected chi connectivity index (χ0v) is 15.1. The van der Waals surface area contributed by atoms with E-state index in [9.17, 15) is 18.4 Å². The van der Waals surface area contributed by atoms with Crippen molar-refractivity contribution in [2.24, 2.45) is 0 Å². The summed E-state index contributed by atoms with van der Waals surface area (Å²) < 4.78 is 33.3. The second-order valence-electron chi connectivity index (χ2n) is 5.04. The first-order chi connectivity index (χ1) is 12.4. The lowest BCUT2D eigenvalue weighted by Crippen LogP contribution is -2.14. The van der Waals surface area contributed by atoms with Gasteiger partial charge in [-0.05, 0) is 48.5 Å². The number of Topliss-reactive ketones (excluding diaryl/α,β-unsaturated/α-hetero) is 1. The summed E-state index contributed by atoms with van der Waals surface area (Å²) in [5.74, 6) is -0.452. The Hall–Kier alpha value is -2.12. The van der Waals surface area contributed by atoms with Crippen molar-refractivity contribution in [2.75, 3.05) is 12.4 Å². The molecule has 0 unspecified atom stereocenters. The molecule has 0 bridgehead atoms. The van der Waals surface area contributed by atoms with E-state index in [0.29, 0.717) is 10.8 Å². The van der Waals surface area contributed by atoms with E-state index in [0.717, 1.165) is 4.90 Å². The van der Waals surface area contributed by atoms with Crippen molar-refractivity contribution in [3.63, 3.8) is 0 Å². The summed E-state index contributed by atoms with van der Waals surface area (Å²) in [4.78, 5) is 24.6. The highest BCUT2D eigenvalue weighted by Crippen LogP contribution is 2.21. The predicted molar refractivity (Wildman–Crippen MR) is 95.2 cm³/mol. The van der Waals surface area contributed by atoms with Crippen LogP contribution in [0.3, 0.4) is 0 Å². The average Bonchev–Trinajstić information content (AvgIpc) is 2.61. The highest BCUT2D eigenvalue weighted by atomic mass is 35.5. The lowest BCUT2D eigenvalue weighted by Gasteiger charge is -2.06. The van der Waals surface area contributed by atoms with Gasteiger partial charge in [-0.25, -0.2) is 0 Å². The van der Waals surface area contributed by atoms with Crippen molar-refractivity contribution in [3.05, 3.63) is 59.1 Å². The smallest absolute Gasteiger partial charge is 0.387 e. The van der Waals surface area contributed by atoms with Gasteiger partial charge in [0.15, 0.2) is 12.4 Å². The number of esters is 1. The lowest BCUT2D eigenvalue weighted by molar-refractivity contribution is -0.141. The molecule has 2 aromatic carbocycles. The second-order valence-corrected chi connectivity index (χ2v) is 6.64. The number of hydrogen-bond acceptors (Lipinski definition) is 5. The molecule has 0 atom stereocenters. The Bertz CT molecular complexity index is 736. The molecule has 0 aliphatic rings. The first kappa shape index (κ1) is 20.2. The van der Waals surface area contributed by atoms with Crippen LogP contribution in [0.1, 0.15) is 16.8 Å². The molecule has 0 saturated heterocycles. The molecule has 0 radical (unpaired) electrons. The maximum atomic E-state index is 12.1. The van der Waals surface area contributed by atoms with Crippen molar-refractivity contribution in [1.29, 1.82) is 0 Å². The molecular weight excluding hydrogens is 386 g/mol. The molecule has 2 aromatic rings. The number of ether oxygens (including phenoxy) is 2. The third-order valence-corrected chi connectivity index (χ3v) is 4.42. The number of rotatable bonds is 9. The molecule has 0 heterocycles. The van der Waals surface area contributed by atoms with Crippen molar-refractivity contribution >= 4 is 35.1 Å². The van der Waals surface area contributed by atoms with Gasteiger partial charge in [0.2, 0.25) is 0 Å². The second kappa shape index (κ2) is 10.1. The van der Waals surface area contributed by atoms with Gasteiger partial charge in [0.05, 0.1) is 6.42 Å². The van der Waals surface area contributed by atoms with Gasteiger partial charge < -0.3 is 9.47 Å². The van der Waals surface area contributed by atoms with Gasteiger partial charge in [-0.2, -0.15) is 8.78 Å². The minimum atomic E-state index is -2.93. The number of hydrogen-bond donors (Lipinski definition) is 0. The van der Waals surface area contributed by atoms with E-state index in [1.807, 2.05) is 12.1 Å². The quantitative estimate of drug-likeness (QED) is 0.342. The molecule has 0 spiro atoms. The first-order valence-electron chi connectivity index (χ1n) is 7.56. The molecule has 0 aliphatic carbocycles. The molecule has 0 amide bonds. The van der Waals surface area contributed by atoms with Gasteiger partial charge in [-0.15, -0.1) is 11.8 Å². The largest absolute Gasteiger partial charge is 0.457 e. The van der Waals surface area contributed by atoms with Gasteiger partial charge in [-0.1, -0.05) is 11.6 Å². The molecule has 0 fully saturated rings. The predicted octanol–water partition coefficient (Wildman–Crippen LogP) is 4.85. The highest BCUT2D eigenvalue weighted by molar-refractivity contribution is 7.99. The third-order valence-electron chi connectivity index (χ3n) is 3.15. The van der Waals surface area contributed by atoms with Gasteiger partial charge >= 0.3 is 12.6 Å². The van der Waals surface area contributed by atoms with E-state index in [1.165, 1.54) is 36.0 Å². The molecule has 0 saturated carbocycles. The minimum Gasteiger partial charge on any atom is -0.457 e. The number of halogens is 3. The number of carbonyl (C=O) groups excluding carboxylic acids is 2. The van der Waals surface area contributed by atoms with Crippen LogP contribution >= 0.6 is 23.4 Å². The van der Waals surface area contributed by atoms with E-state index in [-0.39, 0.29) is 17.7 Å². The molecule has 138 valence electrons. The topological polar surface area (TPSA) is 52.6 Å². The Kier molecular flexibility index (Phi) is 7.87. The number of alkyl halides is 2. The molecular formula is C18H15ClF2O4S. The maximum Gasteiger partial charge on any atom is 0.387 e. The molecule has 0 aliphatic heterocycles. The molecule has 26 heavy (non-hydrogen) atoms. The van der Waals surface area contributed by atoms with E-state index < -0.39 is 25.0 Å². The number of benzene rings is 2. The van der Waals surface area contributed by atoms with E-state index in [2.05, 4.69) is 4.74 Å². The molecule has 4 nitrogen and oxygen atoms in total. The number of ketones is 1. The first-order valence-corrected chi connectivity index (χ1v) is 8.92. The maximum absolute atomic E-state index is 12.1. The number of thioether (sulfide) groups is 1. The van der Waals surface area contributed by atoms with Crippen LogP contribution in [0, 0.1) is 0 Å².